The standard InChI is InChI=1S/C12H10ClN5O4S/c13-7-2-1-6(3-8(7)18(21)22)15-11(20)5-23-12-16-9(14)4-10(19)17-12/h1-4H,5H2,(H,15,20)(H3,14,16,17,19). The van der Waals surface area contributed by atoms with Crippen LogP contribution in [0.1, 0.15) is 0 Å². The monoisotopic (exact) mass is 355 g/mol. The molecule has 0 aliphatic heterocycles. The number of aromatic amines is 1. The highest BCUT2D eigenvalue weighted by Crippen LogP contribution is 2.27. The number of halogens is 1. The van der Waals surface area contributed by atoms with Gasteiger partial charge in [0.2, 0.25) is 5.91 Å². The average Bonchev–Trinajstić information content (AvgIpc) is 2.46. The summed E-state index contributed by atoms with van der Waals surface area (Å²) in [6.45, 7) is 0. The summed E-state index contributed by atoms with van der Waals surface area (Å²) in [5.41, 5.74) is 4.93. The smallest absolute Gasteiger partial charge is 0.289 e. The Hall–Kier alpha value is -2.59. The average molecular weight is 356 g/mol. The van der Waals surface area contributed by atoms with Crippen molar-refractivity contribution in [2.24, 2.45) is 0 Å². The van der Waals surface area contributed by atoms with Gasteiger partial charge in [-0.25, -0.2) is 4.98 Å². The molecule has 1 heterocycles. The molecule has 1 amide bonds. The number of aromatic nitrogens is 2. The van der Waals surface area contributed by atoms with Gasteiger partial charge in [0.15, 0.2) is 5.16 Å². The predicted octanol–water partition coefficient (Wildman–Crippen LogP) is 1.64. The van der Waals surface area contributed by atoms with Crippen LogP contribution < -0.4 is 16.6 Å². The molecule has 0 unspecified atom stereocenters. The van der Waals surface area contributed by atoms with Crippen molar-refractivity contribution in [2.45, 2.75) is 5.16 Å². The molecule has 2 rings (SSSR count). The van der Waals surface area contributed by atoms with Crippen LogP contribution in [0.25, 0.3) is 0 Å². The number of nitro benzene ring substituents is 1. The van der Waals surface area contributed by atoms with Crippen molar-refractivity contribution >= 4 is 46.5 Å². The van der Waals surface area contributed by atoms with E-state index in [1.807, 2.05) is 0 Å². The van der Waals surface area contributed by atoms with Gasteiger partial charge in [0.25, 0.3) is 11.2 Å². The second kappa shape index (κ2) is 7.11. The van der Waals surface area contributed by atoms with E-state index in [2.05, 4.69) is 15.3 Å². The van der Waals surface area contributed by atoms with Crippen molar-refractivity contribution in [3.8, 4) is 0 Å². The first-order valence-corrected chi connectivity index (χ1v) is 7.45. The number of rotatable bonds is 5. The first kappa shape index (κ1) is 16.8. The maximum atomic E-state index is 11.8. The quantitative estimate of drug-likeness (QED) is 0.320. The number of H-pyrrole nitrogens is 1. The summed E-state index contributed by atoms with van der Waals surface area (Å²) in [7, 11) is 0. The minimum Gasteiger partial charge on any atom is -0.383 e. The minimum absolute atomic E-state index is 0.0242. The largest absolute Gasteiger partial charge is 0.383 e. The summed E-state index contributed by atoms with van der Waals surface area (Å²) in [5, 5.41) is 13.5. The molecule has 120 valence electrons. The molecule has 1 aromatic heterocycles. The number of nitro groups is 1. The van der Waals surface area contributed by atoms with Gasteiger partial charge in [-0.05, 0) is 12.1 Å². The molecule has 9 nitrogen and oxygen atoms in total. The van der Waals surface area contributed by atoms with Gasteiger partial charge in [0.1, 0.15) is 10.8 Å². The van der Waals surface area contributed by atoms with Crippen LogP contribution in [0.2, 0.25) is 5.02 Å². The Balaban J connectivity index is 2.01. The maximum Gasteiger partial charge on any atom is 0.289 e. The summed E-state index contributed by atoms with van der Waals surface area (Å²) < 4.78 is 0. The highest BCUT2D eigenvalue weighted by atomic mass is 35.5. The van der Waals surface area contributed by atoms with Gasteiger partial charge in [-0.3, -0.25) is 19.7 Å². The van der Waals surface area contributed by atoms with Gasteiger partial charge >= 0.3 is 0 Å². The number of hydrogen-bond donors (Lipinski definition) is 3. The van der Waals surface area contributed by atoms with Gasteiger partial charge in [0, 0.05) is 17.8 Å². The molecule has 0 aliphatic carbocycles. The summed E-state index contributed by atoms with van der Waals surface area (Å²) in [6, 6.07) is 5.04. The molecule has 2 aromatic rings. The maximum absolute atomic E-state index is 11.8. The molecular formula is C12H10ClN5O4S. The molecule has 0 atom stereocenters. The van der Waals surface area contributed by atoms with Crippen LogP contribution in [0.4, 0.5) is 17.2 Å². The van der Waals surface area contributed by atoms with Crippen LogP contribution in [0, 0.1) is 10.1 Å². The third-order valence-corrected chi connectivity index (χ3v) is 3.70. The minimum atomic E-state index is -0.645. The van der Waals surface area contributed by atoms with E-state index in [9.17, 15) is 19.7 Å². The Morgan fingerprint density at radius 1 is 1.48 bits per heavy atom. The van der Waals surface area contributed by atoms with Gasteiger partial charge in [-0.1, -0.05) is 23.4 Å². The number of benzene rings is 1. The van der Waals surface area contributed by atoms with E-state index in [1.54, 1.807) is 0 Å². The van der Waals surface area contributed by atoms with Crippen molar-refractivity contribution in [1.29, 1.82) is 0 Å². The van der Waals surface area contributed by atoms with Gasteiger partial charge in [-0.2, -0.15) is 0 Å². The van der Waals surface area contributed by atoms with E-state index in [4.69, 9.17) is 17.3 Å². The van der Waals surface area contributed by atoms with Crippen molar-refractivity contribution < 1.29 is 9.72 Å². The first-order chi connectivity index (χ1) is 10.8. The van der Waals surface area contributed by atoms with Crippen LogP contribution in [-0.4, -0.2) is 26.6 Å². The second-order valence-electron chi connectivity index (χ2n) is 4.24. The third-order valence-electron chi connectivity index (χ3n) is 2.51. The van der Waals surface area contributed by atoms with E-state index in [0.717, 1.165) is 23.9 Å². The van der Waals surface area contributed by atoms with Crippen LogP contribution in [0.15, 0.2) is 34.2 Å². The van der Waals surface area contributed by atoms with Crippen LogP contribution in [-0.2, 0) is 4.79 Å². The number of nitrogens with two attached hydrogens (primary N) is 1. The molecule has 0 radical (unpaired) electrons. The summed E-state index contributed by atoms with van der Waals surface area (Å²) in [5.74, 6) is -0.454. The zero-order chi connectivity index (χ0) is 17.0. The summed E-state index contributed by atoms with van der Waals surface area (Å²) in [6.07, 6.45) is 0. The van der Waals surface area contributed by atoms with Gasteiger partial charge in [-0.15, -0.1) is 0 Å². The normalized spacial score (nSPS) is 10.3. The van der Waals surface area contributed by atoms with Crippen molar-refractivity contribution in [3.63, 3.8) is 0 Å². The SMILES string of the molecule is Nc1cc(=O)[nH]c(SCC(=O)Nc2ccc(Cl)c([N+](=O)[O-])c2)n1. The number of anilines is 2. The fraction of sp³-hybridized carbons (Fsp3) is 0.0833. The first-order valence-electron chi connectivity index (χ1n) is 6.08. The molecule has 11 heteroatoms. The Morgan fingerprint density at radius 3 is 2.87 bits per heavy atom. The lowest BCUT2D eigenvalue weighted by atomic mass is 10.3. The summed E-state index contributed by atoms with van der Waals surface area (Å²) >= 11 is 6.66. The van der Waals surface area contributed by atoms with E-state index >= 15 is 0 Å². The molecule has 0 saturated heterocycles. The highest BCUT2D eigenvalue weighted by Gasteiger charge is 2.14. The van der Waals surface area contributed by atoms with Gasteiger partial charge < -0.3 is 16.0 Å². The van der Waals surface area contributed by atoms with Crippen molar-refractivity contribution in [1.82, 2.24) is 9.97 Å². The molecule has 1 aromatic carbocycles. The Labute approximate surface area is 138 Å². The van der Waals surface area contributed by atoms with E-state index < -0.39 is 16.4 Å². The lowest BCUT2D eigenvalue weighted by Crippen LogP contribution is -2.15. The number of nitrogens with zero attached hydrogens (tertiary/aromatic N) is 2. The van der Waals surface area contributed by atoms with Gasteiger partial charge in [0.05, 0.1) is 10.7 Å². The predicted molar refractivity (Wildman–Crippen MR) is 86.7 cm³/mol. The fourth-order valence-corrected chi connectivity index (χ4v) is 2.45. The molecule has 0 spiro atoms. The lowest BCUT2D eigenvalue weighted by molar-refractivity contribution is -0.384. The number of carbonyl (C=O) groups excluding carboxylic acids is 1. The number of carbonyl (C=O) groups is 1. The lowest BCUT2D eigenvalue weighted by Gasteiger charge is -2.05. The molecule has 4 N–H and O–H groups in total. The van der Waals surface area contributed by atoms with Crippen molar-refractivity contribution in [2.75, 3.05) is 16.8 Å². The van der Waals surface area contributed by atoms with Crippen LogP contribution in [0.3, 0.4) is 0 Å². The summed E-state index contributed by atoms with van der Waals surface area (Å²) in [4.78, 5) is 39.5. The van der Waals surface area contributed by atoms with E-state index in [-0.39, 0.29) is 33.1 Å². The van der Waals surface area contributed by atoms with Crippen molar-refractivity contribution in [3.05, 3.63) is 49.8 Å². The Bertz CT molecular complexity index is 825. The van der Waals surface area contributed by atoms with E-state index in [1.165, 1.54) is 12.1 Å². The Kier molecular flexibility index (Phi) is 5.19. The third kappa shape index (κ3) is 4.69. The zero-order valence-corrected chi connectivity index (χ0v) is 13.0. The number of nitrogens with one attached hydrogen (secondary N) is 2. The van der Waals surface area contributed by atoms with Crippen LogP contribution >= 0.6 is 23.4 Å². The number of hydrogen-bond acceptors (Lipinski definition) is 7. The zero-order valence-electron chi connectivity index (χ0n) is 11.4. The molecule has 0 aliphatic rings. The highest BCUT2D eigenvalue weighted by molar-refractivity contribution is 7.99. The molecule has 0 fully saturated rings. The Morgan fingerprint density at radius 2 is 2.22 bits per heavy atom. The molecule has 0 saturated carbocycles. The molecular weight excluding hydrogens is 346 g/mol. The molecule has 23 heavy (non-hydrogen) atoms. The number of amides is 1. The fourth-order valence-electron chi connectivity index (χ4n) is 1.58. The van der Waals surface area contributed by atoms with Crippen LogP contribution in [0.5, 0.6) is 0 Å². The molecule has 0 bridgehead atoms. The second-order valence-corrected chi connectivity index (χ2v) is 5.61. The van der Waals surface area contributed by atoms with E-state index in [0.29, 0.717) is 0 Å². The number of thioether (sulfide) groups is 1. The topological polar surface area (TPSA) is 144 Å². The number of nitrogen functional groups attached to an aromatic ring is 1.